The molecule has 0 fully saturated rings. The first-order valence-corrected chi connectivity index (χ1v) is 6.22. The topological polar surface area (TPSA) is 76.4 Å². The Labute approximate surface area is 115 Å². The third kappa shape index (κ3) is 2.22. The maximum atomic E-state index is 12.5. The Balaban J connectivity index is 2.91. The second-order valence-electron chi connectivity index (χ2n) is 4.89. The highest BCUT2D eigenvalue weighted by atomic mass is 16.4. The quantitative estimate of drug-likeness (QED) is 0.929. The Morgan fingerprint density at radius 2 is 1.90 bits per heavy atom. The molecular weight excluding hydrogens is 258 g/mol. The van der Waals surface area contributed by atoms with E-state index in [9.17, 15) is 19.5 Å². The van der Waals surface area contributed by atoms with Gasteiger partial charge in [-0.15, -0.1) is 0 Å². The normalized spacial score (nSPS) is 12.3. The Morgan fingerprint density at radius 1 is 1.25 bits per heavy atom. The number of pyridine rings is 1. The van der Waals surface area contributed by atoms with Gasteiger partial charge in [0.1, 0.15) is 5.69 Å². The van der Waals surface area contributed by atoms with E-state index < -0.39 is 17.6 Å². The molecule has 0 aliphatic carbocycles. The summed E-state index contributed by atoms with van der Waals surface area (Å²) in [6.45, 7) is 4.72. The van der Waals surface area contributed by atoms with Crippen molar-refractivity contribution >= 4 is 22.5 Å². The molecule has 1 unspecified atom stereocenters. The summed E-state index contributed by atoms with van der Waals surface area (Å²) >= 11 is 0. The molecule has 0 saturated heterocycles. The zero-order valence-corrected chi connectivity index (χ0v) is 11.5. The van der Waals surface area contributed by atoms with Crippen LogP contribution in [0.4, 0.5) is 0 Å². The van der Waals surface area contributed by atoms with Crippen LogP contribution in [0.25, 0.3) is 10.8 Å². The Kier molecular flexibility index (Phi) is 3.44. The Morgan fingerprint density at radius 3 is 2.45 bits per heavy atom. The molecule has 104 valence electrons. The highest BCUT2D eigenvalue weighted by molar-refractivity contribution is 5.93. The first-order chi connectivity index (χ1) is 9.32. The number of rotatable bonds is 3. The summed E-state index contributed by atoms with van der Waals surface area (Å²) in [7, 11) is 0. The zero-order valence-electron chi connectivity index (χ0n) is 11.5. The minimum Gasteiger partial charge on any atom is -0.477 e. The van der Waals surface area contributed by atoms with Crippen LogP contribution in [0, 0.1) is 6.92 Å². The molecule has 0 aliphatic heterocycles. The van der Waals surface area contributed by atoms with Crippen LogP contribution in [0.5, 0.6) is 0 Å². The number of ketones is 1. The SMILES string of the molecule is CC(=O)C(C)n1c(C(=O)O)cc2cc(C)ccc2c1=O. The van der Waals surface area contributed by atoms with Crippen molar-refractivity contribution in [3.05, 3.63) is 45.9 Å². The molecular formula is C15H15NO4. The number of carbonyl (C=O) groups excluding carboxylic acids is 1. The van der Waals surface area contributed by atoms with Crippen LogP contribution in [-0.2, 0) is 4.79 Å². The molecule has 0 bridgehead atoms. The summed E-state index contributed by atoms with van der Waals surface area (Å²) < 4.78 is 1.04. The summed E-state index contributed by atoms with van der Waals surface area (Å²) in [6.07, 6.45) is 0. The third-order valence-corrected chi connectivity index (χ3v) is 3.40. The molecule has 1 aromatic carbocycles. The third-order valence-electron chi connectivity index (χ3n) is 3.40. The van der Waals surface area contributed by atoms with Gasteiger partial charge in [-0.3, -0.25) is 14.2 Å². The van der Waals surface area contributed by atoms with E-state index in [0.29, 0.717) is 10.8 Å². The van der Waals surface area contributed by atoms with Crippen LogP contribution in [-0.4, -0.2) is 21.4 Å². The fourth-order valence-corrected chi connectivity index (χ4v) is 2.18. The van der Waals surface area contributed by atoms with E-state index in [1.165, 1.54) is 19.9 Å². The molecule has 0 radical (unpaired) electrons. The first-order valence-electron chi connectivity index (χ1n) is 6.22. The average molecular weight is 273 g/mol. The van der Waals surface area contributed by atoms with Gasteiger partial charge in [-0.1, -0.05) is 17.7 Å². The molecule has 5 heteroatoms. The lowest BCUT2D eigenvalue weighted by Crippen LogP contribution is -2.31. The molecule has 1 atom stereocenters. The van der Waals surface area contributed by atoms with Crippen molar-refractivity contribution in [2.24, 2.45) is 0 Å². The summed E-state index contributed by atoms with van der Waals surface area (Å²) in [5.74, 6) is -1.49. The molecule has 2 aromatic rings. The minimum atomic E-state index is -1.22. The highest BCUT2D eigenvalue weighted by Gasteiger charge is 2.21. The van der Waals surface area contributed by atoms with Gasteiger partial charge in [-0.2, -0.15) is 0 Å². The monoisotopic (exact) mass is 273 g/mol. The average Bonchev–Trinajstić information content (AvgIpc) is 2.37. The second-order valence-corrected chi connectivity index (χ2v) is 4.89. The standard InChI is InChI=1S/C15H15NO4/c1-8-4-5-12-11(6-8)7-13(15(19)20)16(14(12)18)9(2)10(3)17/h4-7,9H,1-3H3,(H,19,20). The summed E-state index contributed by atoms with van der Waals surface area (Å²) in [4.78, 5) is 35.3. The summed E-state index contributed by atoms with van der Waals surface area (Å²) in [6, 6.07) is 5.83. The summed E-state index contributed by atoms with van der Waals surface area (Å²) in [5.41, 5.74) is 0.309. The number of carboxylic acids is 1. The van der Waals surface area contributed by atoms with Crippen LogP contribution in [0.2, 0.25) is 0 Å². The van der Waals surface area contributed by atoms with Gasteiger partial charge >= 0.3 is 5.97 Å². The number of aromatic carboxylic acids is 1. The molecule has 1 aromatic heterocycles. The minimum absolute atomic E-state index is 0.171. The first kappa shape index (κ1) is 14.0. The number of nitrogens with zero attached hydrogens (tertiary/aromatic N) is 1. The molecule has 0 aliphatic rings. The van der Waals surface area contributed by atoms with Gasteiger partial charge in [-0.05, 0) is 38.3 Å². The van der Waals surface area contributed by atoms with Gasteiger partial charge in [0.05, 0.1) is 6.04 Å². The van der Waals surface area contributed by atoms with Crippen LogP contribution in [0.3, 0.4) is 0 Å². The molecule has 5 nitrogen and oxygen atoms in total. The molecule has 0 saturated carbocycles. The lowest BCUT2D eigenvalue weighted by Gasteiger charge is -2.16. The van der Waals surface area contributed by atoms with Gasteiger partial charge < -0.3 is 5.11 Å². The van der Waals surface area contributed by atoms with Gasteiger partial charge in [0.2, 0.25) is 0 Å². The number of hydrogen-bond acceptors (Lipinski definition) is 3. The van der Waals surface area contributed by atoms with Crippen molar-refractivity contribution in [2.75, 3.05) is 0 Å². The maximum Gasteiger partial charge on any atom is 0.352 e. The van der Waals surface area contributed by atoms with Crippen molar-refractivity contribution < 1.29 is 14.7 Å². The number of hydrogen-bond donors (Lipinski definition) is 1. The number of aromatic nitrogens is 1. The molecule has 20 heavy (non-hydrogen) atoms. The smallest absolute Gasteiger partial charge is 0.352 e. The van der Waals surface area contributed by atoms with Crippen LogP contribution in [0.1, 0.15) is 35.9 Å². The Bertz CT molecular complexity index is 773. The number of aryl methyl sites for hydroxylation is 1. The number of benzene rings is 1. The van der Waals surface area contributed by atoms with Crippen molar-refractivity contribution in [3.63, 3.8) is 0 Å². The van der Waals surface area contributed by atoms with Crippen LogP contribution in [0.15, 0.2) is 29.1 Å². The molecule has 0 amide bonds. The Hall–Kier alpha value is -2.43. The maximum absolute atomic E-state index is 12.5. The second kappa shape index (κ2) is 4.92. The van der Waals surface area contributed by atoms with E-state index >= 15 is 0 Å². The largest absolute Gasteiger partial charge is 0.477 e. The van der Waals surface area contributed by atoms with E-state index in [-0.39, 0.29) is 11.5 Å². The van der Waals surface area contributed by atoms with Gasteiger partial charge in [0.25, 0.3) is 5.56 Å². The molecule has 0 spiro atoms. The fraction of sp³-hybridized carbons (Fsp3) is 0.267. The molecule has 1 N–H and O–H groups in total. The van der Waals surface area contributed by atoms with E-state index in [1.807, 2.05) is 6.92 Å². The number of carboxylic acid groups (broad SMARTS) is 1. The number of fused-ring (bicyclic) bond motifs is 1. The van der Waals surface area contributed by atoms with Crippen molar-refractivity contribution in [3.8, 4) is 0 Å². The molecule has 1 heterocycles. The number of carbonyl (C=O) groups is 2. The predicted octanol–water partition coefficient (Wildman–Crippen LogP) is 2.16. The number of Topliss-reactive ketones (excluding diaryl/α,β-unsaturated/α-hetero) is 1. The van der Waals surface area contributed by atoms with Gasteiger partial charge in [0, 0.05) is 5.39 Å². The van der Waals surface area contributed by atoms with E-state index in [1.54, 1.807) is 18.2 Å². The zero-order chi connectivity index (χ0) is 15.0. The lowest BCUT2D eigenvalue weighted by atomic mass is 10.1. The van der Waals surface area contributed by atoms with Crippen LogP contribution < -0.4 is 5.56 Å². The van der Waals surface area contributed by atoms with Crippen molar-refractivity contribution in [1.82, 2.24) is 4.57 Å². The fourth-order valence-electron chi connectivity index (χ4n) is 2.18. The predicted molar refractivity (Wildman–Crippen MR) is 75.3 cm³/mol. The van der Waals surface area contributed by atoms with E-state index in [4.69, 9.17) is 0 Å². The summed E-state index contributed by atoms with van der Waals surface area (Å²) in [5, 5.41) is 10.3. The van der Waals surface area contributed by atoms with Gasteiger partial charge in [0.15, 0.2) is 5.78 Å². The van der Waals surface area contributed by atoms with E-state index in [2.05, 4.69) is 0 Å². The molecule has 2 rings (SSSR count). The highest BCUT2D eigenvalue weighted by Crippen LogP contribution is 2.17. The van der Waals surface area contributed by atoms with Crippen LogP contribution >= 0.6 is 0 Å². The van der Waals surface area contributed by atoms with Crippen molar-refractivity contribution in [2.45, 2.75) is 26.8 Å². The van der Waals surface area contributed by atoms with Crippen molar-refractivity contribution in [1.29, 1.82) is 0 Å². The lowest BCUT2D eigenvalue weighted by molar-refractivity contribution is -0.119. The van der Waals surface area contributed by atoms with Gasteiger partial charge in [-0.25, -0.2) is 4.79 Å². The van der Waals surface area contributed by atoms with E-state index in [0.717, 1.165) is 10.1 Å².